The third-order valence-electron chi connectivity index (χ3n) is 2.92. The molecule has 112 valence electrons. The van der Waals surface area contributed by atoms with Crippen molar-refractivity contribution in [1.29, 1.82) is 0 Å². The molecule has 0 spiro atoms. The maximum Gasteiger partial charge on any atom is 0.336 e. The average Bonchev–Trinajstić information content (AvgIpc) is 2.47. The van der Waals surface area contributed by atoms with Crippen LogP contribution in [0.5, 0.6) is 0 Å². The monoisotopic (exact) mass is 297 g/mol. The topological polar surface area (TPSA) is 91.1 Å². The molecule has 2 aromatic carbocycles. The van der Waals surface area contributed by atoms with Gasteiger partial charge in [0.1, 0.15) is 0 Å². The van der Waals surface area contributed by atoms with Crippen LogP contribution in [0.3, 0.4) is 0 Å². The van der Waals surface area contributed by atoms with Crippen LogP contribution in [-0.4, -0.2) is 17.0 Å². The molecule has 6 nitrogen and oxygen atoms in total. The molecule has 0 radical (unpaired) electrons. The van der Waals surface area contributed by atoms with Crippen LogP contribution in [0.4, 0.5) is 17.1 Å². The normalized spacial score (nSPS) is 10.6. The Labute approximate surface area is 127 Å². The zero-order valence-corrected chi connectivity index (χ0v) is 12.2. The van der Waals surface area contributed by atoms with Crippen molar-refractivity contribution in [2.24, 2.45) is 10.2 Å². The Morgan fingerprint density at radius 3 is 2.18 bits per heavy atom. The summed E-state index contributed by atoms with van der Waals surface area (Å²) in [7, 11) is 0. The van der Waals surface area contributed by atoms with E-state index in [1.54, 1.807) is 43.3 Å². The quantitative estimate of drug-likeness (QED) is 0.833. The van der Waals surface area contributed by atoms with E-state index in [1.807, 2.05) is 0 Å². The highest BCUT2D eigenvalue weighted by Crippen LogP contribution is 2.22. The number of azo groups is 1. The van der Waals surface area contributed by atoms with Crippen molar-refractivity contribution in [2.45, 2.75) is 13.8 Å². The largest absolute Gasteiger partial charge is 0.478 e. The molecule has 2 aromatic rings. The summed E-state index contributed by atoms with van der Waals surface area (Å²) >= 11 is 0. The van der Waals surface area contributed by atoms with Crippen molar-refractivity contribution in [2.75, 3.05) is 5.32 Å². The number of carboxylic acids is 1. The number of anilines is 1. The van der Waals surface area contributed by atoms with Crippen molar-refractivity contribution >= 4 is 28.9 Å². The van der Waals surface area contributed by atoms with E-state index in [-0.39, 0.29) is 11.5 Å². The van der Waals surface area contributed by atoms with Crippen LogP contribution in [0.25, 0.3) is 0 Å². The number of nitrogens with zero attached hydrogens (tertiary/aromatic N) is 2. The van der Waals surface area contributed by atoms with Gasteiger partial charge in [-0.05, 0) is 48.9 Å². The third kappa shape index (κ3) is 3.99. The summed E-state index contributed by atoms with van der Waals surface area (Å²) in [6.07, 6.45) is 0. The lowest BCUT2D eigenvalue weighted by Gasteiger charge is -2.02. The molecule has 0 unspecified atom stereocenters. The lowest BCUT2D eigenvalue weighted by molar-refractivity contribution is -0.114. The minimum absolute atomic E-state index is 0.143. The van der Waals surface area contributed by atoms with Gasteiger partial charge in [-0.15, -0.1) is 0 Å². The van der Waals surface area contributed by atoms with Gasteiger partial charge in [0.15, 0.2) is 0 Å². The molecule has 2 N–H and O–H groups in total. The van der Waals surface area contributed by atoms with Gasteiger partial charge >= 0.3 is 5.97 Å². The van der Waals surface area contributed by atoms with Gasteiger partial charge in [-0.1, -0.05) is 6.07 Å². The zero-order valence-electron chi connectivity index (χ0n) is 12.2. The van der Waals surface area contributed by atoms with Gasteiger partial charge in [0.25, 0.3) is 0 Å². The first-order valence-corrected chi connectivity index (χ1v) is 6.59. The summed E-state index contributed by atoms with van der Waals surface area (Å²) in [6.45, 7) is 3.16. The molecule has 6 heteroatoms. The lowest BCUT2D eigenvalue weighted by Crippen LogP contribution is -2.04. The van der Waals surface area contributed by atoms with Crippen LogP contribution < -0.4 is 5.32 Å². The maximum absolute atomic E-state index is 11.1. The number of carbonyl (C=O) groups excluding carboxylic acids is 1. The second kappa shape index (κ2) is 6.62. The smallest absolute Gasteiger partial charge is 0.336 e. The predicted octanol–water partition coefficient (Wildman–Crippen LogP) is 4.07. The summed E-state index contributed by atoms with van der Waals surface area (Å²) in [4.78, 5) is 22.0. The molecule has 0 aliphatic carbocycles. The van der Waals surface area contributed by atoms with E-state index in [4.69, 9.17) is 5.11 Å². The van der Waals surface area contributed by atoms with E-state index >= 15 is 0 Å². The Morgan fingerprint density at radius 1 is 1.00 bits per heavy atom. The van der Waals surface area contributed by atoms with Crippen LogP contribution in [0, 0.1) is 6.92 Å². The third-order valence-corrected chi connectivity index (χ3v) is 2.92. The van der Waals surface area contributed by atoms with Gasteiger partial charge in [0, 0.05) is 12.6 Å². The van der Waals surface area contributed by atoms with Crippen molar-refractivity contribution in [1.82, 2.24) is 0 Å². The molecular formula is C16H15N3O3. The molecule has 0 aliphatic rings. The van der Waals surface area contributed by atoms with Crippen LogP contribution in [0.15, 0.2) is 52.7 Å². The molecular weight excluding hydrogens is 282 g/mol. The molecule has 0 aliphatic heterocycles. The Kier molecular flexibility index (Phi) is 4.63. The fraction of sp³-hybridized carbons (Fsp3) is 0.125. The predicted molar refractivity (Wildman–Crippen MR) is 83.1 cm³/mol. The van der Waals surface area contributed by atoms with E-state index in [9.17, 15) is 9.59 Å². The van der Waals surface area contributed by atoms with Gasteiger partial charge in [0.05, 0.1) is 16.9 Å². The van der Waals surface area contributed by atoms with Crippen molar-refractivity contribution in [3.8, 4) is 0 Å². The standard InChI is InChI=1S/C16H15N3O3/c1-10-3-4-14(9-15(10)16(21)22)19-18-13-7-5-12(6-8-13)17-11(2)20/h3-9H,1-2H3,(H,17,20)(H,21,22). The fourth-order valence-corrected chi connectivity index (χ4v) is 1.83. The minimum atomic E-state index is -0.991. The van der Waals surface area contributed by atoms with E-state index in [2.05, 4.69) is 15.5 Å². The first kappa shape index (κ1) is 15.4. The highest BCUT2D eigenvalue weighted by atomic mass is 16.4. The number of hydrogen-bond donors (Lipinski definition) is 2. The maximum atomic E-state index is 11.1. The molecule has 0 fully saturated rings. The van der Waals surface area contributed by atoms with E-state index in [0.717, 1.165) is 0 Å². The number of carbonyl (C=O) groups is 2. The SMILES string of the molecule is CC(=O)Nc1ccc(N=Nc2ccc(C)c(C(=O)O)c2)cc1. The molecule has 0 saturated heterocycles. The number of aryl methyl sites for hydroxylation is 1. The Hall–Kier alpha value is -3.02. The number of aromatic carboxylic acids is 1. The summed E-state index contributed by atoms with van der Waals surface area (Å²) in [5, 5.41) is 19.8. The number of rotatable bonds is 4. The fourth-order valence-electron chi connectivity index (χ4n) is 1.83. The zero-order chi connectivity index (χ0) is 16.1. The summed E-state index contributed by atoms with van der Waals surface area (Å²) in [5.74, 6) is -1.13. The second-order valence-corrected chi connectivity index (χ2v) is 4.73. The van der Waals surface area contributed by atoms with Crippen molar-refractivity contribution in [3.63, 3.8) is 0 Å². The van der Waals surface area contributed by atoms with Crippen LogP contribution in [-0.2, 0) is 4.79 Å². The van der Waals surface area contributed by atoms with Crippen LogP contribution in [0.2, 0.25) is 0 Å². The van der Waals surface area contributed by atoms with Crippen molar-refractivity contribution < 1.29 is 14.7 Å². The Balaban J connectivity index is 2.16. The van der Waals surface area contributed by atoms with Gasteiger partial charge in [-0.3, -0.25) is 4.79 Å². The molecule has 0 atom stereocenters. The summed E-state index contributed by atoms with van der Waals surface area (Å²) in [5.41, 5.74) is 2.62. The van der Waals surface area contributed by atoms with E-state index in [1.165, 1.54) is 13.0 Å². The number of nitrogens with one attached hydrogen (secondary N) is 1. The van der Waals surface area contributed by atoms with Gasteiger partial charge in [-0.25, -0.2) is 4.79 Å². The molecule has 22 heavy (non-hydrogen) atoms. The number of amides is 1. The molecule has 0 saturated carbocycles. The van der Waals surface area contributed by atoms with E-state index < -0.39 is 5.97 Å². The highest BCUT2D eigenvalue weighted by Gasteiger charge is 2.07. The van der Waals surface area contributed by atoms with Crippen molar-refractivity contribution in [3.05, 3.63) is 53.6 Å². The number of carboxylic acid groups (broad SMARTS) is 1. The molecule has 0 aromatic heterocycles. The van der Waals surface area contributed by atoms with Crippen LogP contribution >= 0.6 is 0 Å². The Bertz CT molecular complexity index is 737. The number of hydrogen-bond acceptors (Lipinski definition) is 4. The average molecular weight is 297 g/mol. The minimum Gasteiger partial charge on any atom is -0.478 e. The summed E-state index contributed by atoms with van der Waals surface area (Å²) in [6, 6.07) is 11.7. The first-order valence-electron chi connectivity index (χ1n) is 6.59. The van der Waals surface area contributed by atoms with Gasteiger partial charge in [0.2, 0.25) is 5.91 Å². The molecule has 0 bridgehead atoms. The lowest BCUT2D eigenvalue weighted by atomic mass is 10.1. The first-order chi connectivity index (χ1) is 10.5. The second-order valence-electron chi connectivity index (χ2n) is 4.73. The summed E-state index contributed by atoms with van der Waals surface area (Å²) < 4.78 is 0. The van der Waals surface area contributed by atoms with Crippen LogP contribution in [0.1, 0.15) is 22.8 Å². The van der Waals surface area contributed by atoms with E-state index in [0.29, 0.717) is 22.6 Å². The Morgan fingerprint density at radius 2 is 1.59 bits per heavy atom. The molecule has 2 rings (SSSR count). The highest BCUT2D eigenvalue weighted by molar-refractivity contribution is 5.90. The van der Waals surface area contributed by atoms with Gasteiger partial charge in [-0.2, -0.15) is 10.2 Å². The molecule has 1 amide bonds. The number of benzene rings is 2. The molecule has 0 heterocycles. The van der Waals surface area contributed by atoms with Gasteiger partial charge < -0.3 is 10.4 Å².